The zero-order valence-electron chi connectivity index (χ0n) is 10.7. The number of nitrogens with zero attached hydrogens (tertiary/aromatic N) is 1. The molecule has 1 aromatic carbocycles. The Balaban J connectivity index is 2.40. The number of esters is 1. The summed E-state index contributed by atoms with van der Waals surface area (Å²) in [5, 5.41) is 0.869. The largest absolute Gasteiger partial charge is 0.494 e. The lowest BCUT2D eigenvalue weighted by Gasteiger charge is -2.06. The van der Waals surface area contributed by atoms with Gasteiger partial charge in [0.1, 0.15) is 23.4 Å². The molecule has 0 spiro atoms. The zero-order chi connectivity index (χ0) is 13.8. The number of ketones is 1. The molecule has 5 heteroatoms. The Morgan fingerprint density at radius 2 is 1.95 bits per heavy atom. The van der Waals surface area contributed by atoms with E-state index < -0.39 is 5.97 Å². The fourth-order valence-electron chi connectivity index (χ4n) is 1.73. The van der Waals surface area contributed by atoms with Crippen LogP contribution in [0.1, 0.15) is 16.9 Å². The maximum absolute atomic E-state index is 11.9. The van der Waals surface area contributed by atoms with Crippen LogP contribution in [0, 0.1) is 0 Å². The lowest BCUT2D eigenvalue weighted by atomic mass is 10.1. The number of para-hydroxylation sites is 1. The highest BCUT2D eigenvalue weighted by molar-refractivity contribution is 6.05. The maximum atomic E-state index is 11.9. The van der Waals surface area contributed by atoms with Crippen LogP contribution in [0.4, 0.5) is 0 Å². The maximum Gasteiger partial charge on any atom is 0.313 e. The van der Waals surface area contributed by atoms with Crippen LogP contribution in [-0.4, -0.2) is 31.0 Å². The molecule has 0 atom stereocenters. The number of carbonyl (C=O) groups is 2. The van der Waals surface area contributed by atoms with Crippen molar-refractivity contribution in [2.75, 3.05) is 14.2 Å². The molecule has 0 saturated heterocycles. The molecule has 0 aliphatic rings. The van der Waals surface area contributed by atoms with Crippen molar-refractivity contribution in [1.29, 1.82) is 0 Å². The molecular weight excluding hydrogens is 246 g/mol. The van der Waals surface area contributed by atoms with Crippen molar-refractivity contribution >= 4 is 22.7 Å². The van der Waals surface area contributed by atoms with Gasteiger partial charge < -0.3 is 9.47 Å². The van der Waals surface area contributed by atoms with Gasteiger partial charge in [-0.15, -0.1) is 0 Å². The first-order chi connectivity index (χ1) is 9.15. The predicted molar refractivity (Wildman–Crippen MR) is 69.3 cm³/mol. The molecule has 0 radical (unpaired) electrons. The summed E-state index contributed by atoms with van der Waals surface area (Å²) in [6.07, 6.45) is -0.315. The third-order valence-electron chi connectivity index (χ3n) is 2.72. The van der Waals surface area contributed by atoms with E-state index in [2.05, 4.69) is 9.72 Å². The van der Waals surface area contributed by atoms with Gasteiger partial charge in [-0.3, -0.25) is 9.59 Å². The topological polar surface area (TPSA) is 65.5 Å². The number of ether oxygens (including phenoxy) is 2. The number of benzene rings is 1. The van der Waals surface area contributed by atoms with Crippen LogP contribution in [0.3, 0.4) is 0 Å². The summed E-state index contributed by atoms with van der Waals surface area (Å²) in [4.78, 5) is 27.2. The van der Waals surface area contributed by atoms with E-state index in [1.165, 1.54) is 7.11 Å². The monoisotopic (exact) mass is 259 g/mol. The number of methoxy groups -OCH3 is 2. The van der Waals surface area contributed by atoms with Crippen LogP contribution in [0.15, 0.2) is 30.3 Å². The normalized spacial score (nSPS) is 10.2. The van der Waals surface area contributed by atoms with Gasteiger partial charge in [0, 0.05) is 5.39 Å². The summed E-state index contributed by atoms with van der Waals surface area (Å²) in [5.74, 6) is -0.364. The Morgan fingerprint density at radius 3 is 2.63 bits per heavy atom. The first-order valence-electron chi connectivity index (χ1n) is 5.69. The lowest BCUT2D eigenvalue weighted by molar-refractivity contribution is -0.139. The Kier molecular flexibility index (Phi) is 3.75. The molecule has 1 aromatic heterocycles. The highest BCUT2D eigenvalue weighted by Crippen LogP contribution is 2.23. The smallest absolute Gasteiger partial charge is 0.313 e. The Bertz CT molecular complexity index is 636. The van der Waals surface area contributed by atoms with Gasteiger partial charge in [-0.2, -0.15) is 0 Å². The lowest BCUT2D eigenvalue weighted by Crippen LogP contribution is -2.11. The number of carbonyl (C=O) groups excluding carboxylic acids is 2. The third-order valence-corrected chi connectivity index (χ3v) is 2.72. The van der Waals surface area contributed by atoms with Crippen molar-refractivity contribution < 1.29 is 19.1 Å². The zero-order valence-corrected chi connectivity index (χ0v) is 10.7. The Morgan fingerprint density at radius 1 is 1.16 bits per heavy atom. The van der Waals surface area contributed by atoms with Gasteiger partial charge in [0.15, 0.2) is 5.78 Å². The average Bonchev–Trinajstić information content (AvgIpc) is 2.45. The van der Waals surface area contributed by atoms with Crippen LogP contribution in [0.2, 0.25) is 0 Å². The molecule has 98 valence electrons. The van der Waals surface area contributed by atoms with Crippen molar-refractivity contribution in [3.63, 3.8) is 0 Å². The number of hydrogen-bond acceptors (Lipinski definition) is 5. The predicted octanol–water partition coefficient (Wildman–Crippen LogP) is 1.99. The molecule has 2 rings (SSSR count). The average molecular weight is 259 g/mol. The van der Waals surface area contributed by atoms with E-state index in [-0.39, 0.29) is 17.9 Å². The second-order valence-corrected chi connectivity index (χ2v) is 3.90. The third kappa shape index (κ3) is 2.70. The Hall–Kier alpha value is -2.43. The molecule has 0 saturated carbocycles. The molecule has 2 aromatic rings. The van der Waals surface area contributed by atoms with E-state index in [1.54, 1.807) is 25.3 Å². The van der Waals surface area contributed by atoms with Crippen molar-refractivity contribution in [3.05, 3.63) is 36.0 Å². The van der Waals surface area contributed by atoms with Gasteiger partial charge in [-0.05, 0) is 12.1 Å². The van der Waals surface area contributed by atoms with Gasteiger partial charge >= 0.3 is 5.97 Å². The summed E-state index contributed by atoms with van der Waals surface area (Å²) < 4.78 is 9.66. The minimum Gasteiger partial charge on any atom is -0.494 e. The molecule has 0 aliphatic carbocycles. The fourth-order valence-corrected chi connectivity index (χ4v) is 1.73. The molecule has 0 amide bonds. The van der Waals surface area contributed by atoms with E-state index in [0.29, 0.717) is 11.3 Å². The van der Waals surface area contributed by atoms with Crippen LogP contribution in [0.5, 0.6) is 5.75 Å². The van der Waals surface area contributed by atoms with Crippen LogP contribution >= 0.6 is 0 Å². The minimum absolute atomic E-state index is 0.224. The fraction of sp³-hybridized carbons (Fsp3) is 0.214. The van der Waals surface area contributed by atoms with Crippen molar-refractivity contribution in [2.45, 2.75) is 6.42 Å². The van der Waals surface area contributed by atoms with Crippen molar-refractivity contribution in [2.24, 2.45) is 0 Å². The van der Waals surface area contributed by atoms with Gasteiger partial charge in [0.25, 0.3) is 0 Å². The summed E-state index contributed by atoms with van der Waals surface area (Å²) in [6.45, 7) is 0. The highest BCUT2D eigenvalue weighted by atomic mass is 16.5. The number of pyridine rings is 1. The summed E-state index contributed by atoms with van der Waals surface area (Å²) in [7, 11) is 2.78. The second-order valence-electron chi connectivity index (χ2n) is 3.90. The molecule has 0 fully saturated rings. The number of hydrogen-bond donors (Lipinski definition) is 0. The van der Waals surface area contributed by atoms with Crippen LogP contribution in [0.25, 0.3) is 10.9 Å². The van der Waals surface area contributed by atoms with E-state index in [4.69, 9.17) is 4.74 Å². The number of aromatic nitrogens is 1. The SMILES string of the molecule is COC(=O)CC(=O)c1ccc2cccc(OC)c2n1. The van der Waals surface area contributed by atoms with Crippen molar-refractivity contribution in [1.82, 2.24) is 4.98 Å². The number of fused-ring (bicyclic) bond motifs is 1. The summed E-state index contributed by atoms with van der Waals surface area (Å²) in [5.41, 5.74) is 0.822. The van der Waals surface area contributed by atoms with E-state index in [1.807, 2.05) is 12.1 Å². The van der Waals surface area contributed by atoms with Crippen molar-refractivity contribution in [3.8, 4) is 5.75 Å². The molecule has 0 N–H and O–H groups in total. The Labute approximate surface area is 110 Å². The number of Topliss-reactive ketones (excluding diaryl/α,β-unsaturated/α-hetero) is 1. The van der Waals surface area contributed by atoms with Gasteiger partial charge in [0.05, 0.1) is 14.2 Å². The molecule has 0 aliphatic heterocycles. The summed E-state index contributed by atoms with van der Waals surface area (Å²) in [6, 6.07) is 8.85. The minimum atomic E-state index is -0.577. The van der Waals surface area contributed by atoms with E-state index in [9.17, 15) is 9.59 Å². The van der Waals surface area contributed by atoms with E-state index in [0.717, 1.165) is 5.39 Å². The van der Waals surface area contributed by atoms with E-state index >= 15 is 0 Å². The molecule has 0 unspecified atom stereocenters. The molecule has 0 bridgehead atoms. The molecule has 5 nitrogen and oxygen atoms in total. The van der Waals surface area contributed by atoms with Crippen LogP contribution < -0.4 is 4.74 Å². The van der Waals surface area contributed by atoms with Crippen LogP contribution in [-0.2, 0) is 9.53 Å². The first-order valence-corrected chi connectivity index (χ1v) is 5.69. The molecular formula is C14H13NO4. The quantitative estimate of drug-likeness (QED) is 0.477. The second kappa shape index (κ2) is 5.48. The first kappa shape index (κ1) is 13.0. The number of rotatable bonds is 4. The summed E-state index contributed by atoms with van der Waals surface area (Å²) >= 11 is 0. The van der Waals surface area contributed by atoms with Gasteiger partial charge in [-0.25, -0.2) is 4.98 Å². The van der Waals surface area contributed by atoms with Gasteiger partial charge in [0.2, 0.25) is 0 Å². The molecule has 1 heterocycles. The standard InChI is InChI=1S/C14H13NO4/c1-18-12-5-3-4-9-6-7-10(15-14(9)12)11(16)8-13(17)19-2/h3-7H,8H2,1-2H3. The molecule has 19 heavy (non-hydrogen) atoms. The highest BCUT2D eigenvalue weighted by Gasteiger charge is 2.14. The van der Waals surface area contributed by atoms with Gasteiger partial charge in [-0.1, -0.05) is 18.2 Å².